The molecule has 7 nitrogen and oxygen atoms in total. The molecule has 0 radical (unpaired) electrons. The van der Waals surface area contributed by atoms with E-state index in [1.54, 1.807) is 0 Å². The standard InChI is InChI=1S/C26H29N5O2/c32-26(27-22-8-10-23(11-9-22)30-16-18-33-19-17-30)21-6-4-20(5-7-21)24-12-13-25(29-28-24)31-14-2-1-3-15-31/h4-13H,1-3,14-19H2,(H,27,32). The van der Waals surface area contributed by atoms with E-state index < -0.39 is 0 Å². The number of benzene rings is 2. The number of rotatable bonds is 5. The summed E-state index contributed by atoms with van der Waals surface area (Å²) in [5.41, 5.74) is 4.28. The van der Waals surface area contributed by atoms with Crippen molar-refractivity contribution >= 4 is 23.1 Å². The molecule has 33 heavy (non-hydrogen) atoms. The molecule has 0 spiro atoms. The summed E-state index contributed by atoms with van der Waals surface area (Å²) in [5.74, 6) is 0.807. The lowest BCUT2D eigenvalue weighted by Crippen LogP contribution is -2.36. The van der Waals surface area contributed by atoms with Gasteiger partial charge in [-0.15, -0.1) is 10.2 Å². The van der Waals surface area contributed by atoms with Crippen LogP contribution in [0.4, 0.5) is 17.2 Å². The van der Waals surface area contributed by atoms with E-state index in [-0.39, 0.29) is 5.91 Å². The van der Waals surface area contributed by atoms with E-state index in [4.69, 9.17) is 4.74 Å². The van der Waals surface area contributed by atoms with Gasteiger partial charge in [0.1, 0.15) is 0 Å². The third-order valence-corrected chi connectivity index (χ3v) is 6.27. The maximum absolute atomic E-state index is 12.7. The van der Waals surface area contributed by atoms with Gasteiger partial charge in [0.2, 0.25) is 0 Å². The van der Waals surface area contributed by atoms with Crippen LogP contribution < -0.4 is 15.1 Å². The van der Waals surface area contributed by atoms with Gasteiger partial charge in [-0.1, -0.05) is 12.1 Å². The predicted octanol–water partition coefficient (Wildman–Crippen LogP) is 4.22. The fourth-order valence-corrected chi connectivity index (χ4v) is 4.34. The lowest BCUT2D eigenvalue weighted by atomic mass is 10.1. The van der Waals surface area contributed by atoms with Crippen molar-refractivity contribution < 1.29 is 9.53 Å². The van der Waals surface area contributed by atoms with Crippen molar-refractivity contribution in [2.45, 2.75) is 19.3 Å². The Labute approximate surface area is 194 Å². The Morgan fingerprint density at radius 1 is 0.758 bits per heavy atom. The first-order valence-corrected chi connectivity index (χ1v) is 11.7. The minimum atomic E-state index is -0.132. The number of piperidine rings is 1. The molecule has 1 N–H and O–H groups in total. The number of nitrogens with one attached hydrogen (secondary N) is 1. The van der Waals surface area contributed by atoms with Crippen molar-refractivity contribution in [2.24, 2.45) is 0 Å². The molecule has 2 fully saturated rings. The molecule has 2 aliphatic heterocycles. The van der Waals surface area contributed by atoms with Crippen LogP contribution in [0.2, 0.25) is 0 Å². The molecule has 0 atom stereocenters. The first kappa shape index (κ1) is 21.4. The summed E-state index contributed by atoms with van der Waals surface area (Å²) in [6.07, 6.45) is 3.72. The van der Waals surface area contributed by atoms with Gasteiger partial charge in [-0.25, -0.2) is 0 Å². The van der Waals surface area contributed by atoms with Gasteiger partial charge < -0.3 is 19.9 Å². The smallest absolute Gasteiger partial charge is 0.255 e. The van der Waals surface area contributed by atoms with Crippen molar-refractivity contribution in [2.75, 3.05) is 54.5 Å². The number of hydrogen-bond donors (Lipinski definition) is 1. The molecular formula is C26H29N5O2. The molecular weight excluding hydrogens is 414 g/mol. The van der Waals surface area contributed by atoms with Crippen LogP contribution in [0, 0.1) is 0 Å². The number of anilines is 3. The first-order chi connectivity index (χ1) is 16.3. The highest BCUT2D eigenvalue weighted by Crippen LogP contribution is 2.23. The van der Waals surface area contributed by atoms with Gasteiger partial charge in [0.25, 0.3) is 5.91 Å². The lowest BCUT2D eigenvalue weighted by Gasteiger charge is -2.28. The van der Waals surface area contributed by atoms with Crippen LogP contribution in [0.1, 0.15) is 29.6 Å². The van der Waals surface area contributed by atoms with E-state index in [0.717, 1.165) is 67.8 Å². The zero-order valence-electron chi connectivity index (χ0n) is 18.7. The van der Waals surface area contributed by atoms with Crippen LogP contribution >= 0.6 is 0 Å². The van der Waals surface area contributed by atoms with E-state index in [9.17, 15) is 4.79 Å². The molecule has 0 unspecified atom stereocenters. The minimum absolute atomic E-state index is 0.132. The summed E-state index contributed by atoms with van der Waals surface area (Å²) >= 11 is 0. The van der Waals surface area contributed by atoms with Crippen LogP contribution in [0.3, 0.4) is 0 Å². The Bertz CT molecular complexity index is 1060. The van der Waals surface area contributed by atoms with E-state index in [1.807, 2.05) is 60.7 Å². The molecule has 5 rings (SSSR count). The largest absolute Gasteiger partial charge is 0.378 e. The van der Waals surface area contributed by atoms with Crippen LogP contribution in [0.15, 0.2) is 60.7 Å². The van der Waals surface area contributed by atoms with Gasteiger partial charge in [-0.05, 0) is 67.8 Å². The van der Waals surface area contributed by atoms with Crippen LogP contribution in [-0.4, -0.2) is 55.5 Å². The third-order valence-electron chi connectivity index (χ3n) is 6.27. The Morgan fingerprint density at radius 2 is 1.48 bits per heavy atom. The number of morpholine rings is 1. The molecule has 0 saturated carbocycles. The Kier molecular flexibility index (Phi) is 6.48. The third kappa shape index (κ3) is 5.14. The summed E-state index contributed by atoms with van der Waals surface area (Å²) in [5, 5.41) is 11.8. The quantitative estimate of drug-likeness (QED) is 0.637. The molecule has 170 valence electrons. The number of nitrogens with zero attached hydrogens (tertiary/aromatic N) is 4. The van der Waals surface area contributed by atoms with Crippen molar-refractivity contribution in [3.8, 4) is 11.3 Å². The lowest BCUT2D eigenvalue weighted by molar-refractivity contribution is 0.102. The number of aromatic nitrogens is 2. The zero-order chi connectivity index (χ0) is 22.5. The number of hydrogen-bond acceptors (Lipinski definition) is 6. The Morgan fingerprint density at radius 3 is 2.15 bits per heavy atom. The van der Waals surface area contributed by atoms with Crippen molar-refractivity contribution in [3.63, 3.8) is 0 Å². The Hall–Kier alpha value is -3.45. The molecule has 0 aliphatic carbocycles. The highest BCUT2D eigenvalue weighted by molar-refractivity contribution is 6.04. The second kappa shape index (κ2) is 10.0. The molecule has 2 saturated heterocycles. The van der Waals surface area contributed by atoms with Gasteiger partial charge in [0.15, 0.2) is 5.82 Å². The molecule has 1 aromatic heterocycles. The highest BCUT2D eigenvalue weighted by atomic mass is 16.5. The number of amides is 1. The molecule has 7 heteroatoms. The monoisotopic (exact) mass is 443 g/mol. The number of carbonyl (C=O) groups excluding carboxylic acids is 1. The molecule has 2 aromatic carbocycles. The zero-order valence-corrected chi connectivity index (χ0v) is 18.7. The topological polar surface area (TPSA) is 70.6 Å². The fraction of sp³-hybridized carbons (Fsp3) is 0.346. The SMILES string of the molecule is O=C(Nc1ccc(N2CCOCC2)cc1)c1ccc(-c2ccc(N3CCCCC3)nn2)cc1. The molecule has 3 heterocycles. The van der Waals surface area contributed by atoms with E-state index in [0.29, 0.717) is 5.56 Å². The summed E-state index contributed by atoms with van der Waals surface area (Å²) in [4.78, 5) is 17.3. The van der Waals surface area contributed by atoms with Gasteiger partial charge in [-0.2, -0.15) is 0 Å². The average Bonchev–Trinajstić information content (AvgIpc) is 2.90. The summed E-state index contributed by atoms with van der Waals surface area (Å²) in [6, 6.07) is 19.5. The minimum Gasteiger partial charge on any atom is -0.378 e. The molecule has 1 amide bonds. The summed E-state index contributed by atoms with van der Waals surface area (Å²) in [6.45, 7) is 5.39. The van der Waals surface area contributed by atoms with Gasteiger partial charge in [0, 0.05) is 48.7 Å². The Balaban J connectivity index is 1.20. The van der Waals surface area contributed by atoms with Crippen molar-refractivity contribution in [3.05, 3.63) is 66.2 Å². The van der Waals surface area contributed by atoms with Gasteiger partial charge in [0.05, 0.1) is 18.9 Å². The second-order valence-electron chi connectivity index (χ2n) is 8.50. The van der Waals surface area contributed by atoms with E-state index in [2.05, 4.69) is 25.3 Å². The maximum atomic E-state index is 12.7. The maximum Gasteiger partial charge on any atom is 0.255 e. The number of carbonyl (C=O) groups is 1. The molecule has 0 bridgehead atoms. The second-order valence-corrected chi connectivity index (χ2v) is 8.50. The van der Waals surface area contributed by atoms with E-state index in [1.165, 1.54) is 19.3 Å². The highest BCUT2D eigenvalue weighted by Gasteiger charge is 2.14. The van der Waals surface area contributed by atoms with Crippen molar-refractivity contribution in [1.82, 2.24) is 10.2 Å². The van der Waals surface area contributed by atoms with E-state index >= 15 is 0 Å². The van der Waals surface area contributed by atoms with Crippen LogP contribution in [0.5, 0.6) is 0 Å². The fourth-order valence-electron chi connectivity index (χ4n) is 4.34. The molecule has 3 aromatic rings. The normalized spacial score (nSPS) is 16.5. The van der Waals surface area contributed by atoms with Crippen LogP contribution in [-0.2, 0) is 4.74 Å². The first-order valence-electron chi connectivity index (χ1n) is 11.7. The average molecular weight is 444 g/mol. The van der Waals surface area contributed by atoms with Crippen molar-refractivity contribution in [1.29, 1.82) is 0 Å². The van der Waals surface area contributed by atoms with Gasteiger partial charge >= 0.3 is 0 Å². The summed E-state index contributed by atoms with van der Waals surface area (Å²) < 4.78 is 5.41. The summed E-state index contributed by atoms with van der Waals surface area (Å²) in [7, 11) is 0. The van der Waals surface area contributed by atoms with Crippen LogP contribution in [0.25, 0.3) is 11.3 Å². The number of ether oxygens (including phenoxy) is 1. The van der Waals surface area contributed by atoms with Gasteiger partial charge in [-0.3, -0.25) is 4.79 Å². The molecule has 2 aliphatic rings. The predicted molar refractivity (Wildman–Crippen MR) is 131 cm³/mol.